The van der Waals surface area contributed by atoms with Gasteiger partial charge in [0.15, 0.2) is 0 Å². The van der Waals surface area contributed by atoms with Crippen LogP contribution in [-0.2, 0) is 27.8 Å². The van der Waals surface area contributed by atoms with E-state index >= 15 is 0 Å². The van der Waals surface area contributed by atoms with E-state index in [9.17, 15) is 21.6 Å². The Kier molecular flexibility index (Phi) is 6.69. The quantitative estimate of drug-likeness (QED) is 0.470. The number of hydrogen-bond donors (Lipinski definition) is 1. The van der Waals surface area contributed by atoms with Gasteiger partial charge >= 0.3 is 15.5 Å². The fourth-order valence-electron chi connectivity index (χ4n) is 1.96. The van der Waals surface area contributed by atoms with Gasteiger partial charge in [-0.05, 0) is 64.4 Å². The highest BCUT2D eigenvalue weighted by Crippen LogP contribution is 2.25. The van der Waals surface area contributed by atoms with Crippen LogP contribution in [0.25, 0.3) is 0 Å². The summed E-state index contributed by atoms with van der Waals surface area (Å²) in [5, 5.41) is 0. The molecule has 0 saturated heterocycles. The summed E-state index contributed by atoms with van der Waals surface area (Å²) in [5.74, 6) is 0. The third-order valence-electron chi connectivity index (χ3n) is 3.20. The Morgan fingerprint density at radius 3 is 2.36 bits per heavy atom. The zero-order valence-electron chi connectivity index (χ0n) is 12.9. The molecule has 0 aliphatic carbocycles. The lowest BCUT2D eigenvalue weighted by Crippen LogP contribution is -2.29. The Bertz CT molecular complexity index is 808. The number of benzene rings is 2. The molecule has 0 amide bonds. The van der Waals surface area contributed by atoms with E-state index in [4.69, 9.17) is 4.74 Å². The lowest BCUT2D eigenvalue weighted by molar-refractivity contribution is -0.0429. The van der Waals surface area contributed by atoms with E-state index in [1.54, 1.807) is 6.07 Å². The number of ether oxygens (including phenoxy) is 1. The molecule has 0 heterocycles. The first-order valence-electron chi connectivity index (χ1n) is 7.17. The Hall–Kier alpha value is -1.33. The maximum Gasteiger partial charge on any atom is 0.516 e. The van der Waals surface area contributed by atoms with Crippen LogP contribution in [0.5, 0.6) is 0 Å². The number of halogens is 4. The lowest BCUT2D eigenvalue weighted by Gasteiger charge is -2.11. The predicted molar refractivity (Wildman–Crippen MR) is 97.6 cm³/mol. The molecule has 0 aliphatic rings. The Morgan fingerprint density at radius 2 is 1.72 bits per heavy atom. The minimum Gasteiger partial charge on any atom is -0.376 e. The second kappa shape index (κ2) is 8.37. The SMILES string of the molecule is O=S(=O)(Nc1cccc(CCOCc2ccc(I)cc2)c1)C(F)(F)F. The van der Waals surface area contributed by atoms with Crippen molar-refractivity contribution in [3.8, 4) is 0 Å². The first-order chi connectivity index (χ1) is 11.7. The smallest absolute Gasteiger partial charge is 0.376 e. The van der Waals surface area contributed by atoms with Crippen LogP contribution < -0.4 is 4.72 Å². The lowest BCUT2D eigenvalue weighted by atomic mass is 10.1. The maximum atomic E-state index is 12.4. The van der Waals surface area contributed by atoms with Crippen molar-refractivity contribution < 1.29 is 26.3 Å². The molecule has 25 heavy (non-hydrogen) atoms. The summed E-state index contributed by atoms with van der Waals surface area (Å²) in [7, 11) is -5.41. The summed E-state index contributed by atoms with van der Waals surface area (Å²) >= 11 is 2.21. The molecule has 2 aromatic rings. The van der Waals surface area contributed by atoms with E-state index in [0.29, 0.717) is 25.2 Å². The summed E-state index contributed by atoms with van der Waals surface area (Å²) in [4.78, 5) is 0. The standard InChI is InChI=1S/C16H15F3INO3S/c17-16(18,19)25(22,23)21-15-3-1-2-12(10-15)8-9-24-11-13-4-6-14(20)7-5-13/h1-7,10,21H,8-9,11H2. The number of rotatable bonds is 7. The van der Waals surface area contributed by atoms with Crippen molar-refractivity contribution >= 4 is 38.3 Å². The first-order valence-corrected chi connectivity index (χ1v) is 9.74. The molecule has 9 heteroatoms. The van der Waals surface area contributed by atoms with Gasteiger partial charge in [0.1, 0.15) is 0 Å². The highest BCUT2D eigenvalue weighted by Gasteiger charge is 2.46. The van der Waals surface area contributed by atoms with Crippen LogP contribution in [0.2, 0.25) is 0 Å². The van der Waals surface area contributed by atoms with Crippen LogP contribution in [0, 0.1) is 3.57 Å². The molecular weight excluding hydrogens is 470 g/mol. The van der Waals surface area contributed by atoms with E-state index in [1.807, 2.05) is 24.3 Å². The van der Waals surface area contributed by atoms with Crippen molar-refractivity contribution in [2.75, 3.05) is 11.3 Å². The Labute approximate surface area is 157 Å². The first kappa shape index (κ1) is 20.0. The highest BCUT2D eigenvalue weighted by molar-refractivity contribution is 14.1. The van der Waals surface area contributed by atoms with Crippen molar-refractivity contribution in [2.24, 2.45) is 0 Å². The fraction of sp³-hybridized carbons (Fsp3) is 0.250. The molecule has 1 N–H and O–H groups in total. The second-order valence-electron chi connectivity index (χ2n) is 5.18. The van der Waals surface area contributed by atoms with Crippen LogP contribution in [-0.4, -0.2) is 20.5 Å². The van der Waals surface area contributed by atoms with E-state index in [1.165, 1.54) is 22.9 Å². The zero-order valence-corrected chi connectivity index (χ0v) is 15.9. The summed E-state index contributed by atoms with van der Waals surface area (Å²) in [5.41, 5.74) is -3.79. The molecule has 0 radical (unpaired) electrons. The van der Waals surface area contributed by atoms with Crippen LogP contribution in [0.4, 0.5) is 18.9 Å². The number of anilines is 1. The van der Waals surface area contributed by atoms with Gasteiger partial charge in [-0.2, -0.15) is 21.6 Å². The van der Waals surface area contributed by atoms with Crippen molar-refractivity contribution in [2.45, 2.75) is 18.5 Å². The monoisotopic (exact) mass is 485 g/mol. The van der Waals surface area contributed by atoms with Crippen LogP contribution in [0.1, 0.15) is 11.1 Å². The minimum absolute atomic E-state index is 0.132. The number of alkyl halides is 3. The molecule has 0 atom stereocenters. The van der Waals surface area contributed by atoms with Crippen molar-refractivity contribution in [1.82, 2.24) is 0 Å². The molecule has 0 aliphatic heterocycles. The molecule has 0 bridgehead atoms. The topological polar surface area (TPSA) is 55.4 Å². The maximum absolute atomic E-state index is 12.4. The van der Waals surface area contributed by atoms with Gasteiger partial charge in [-0.3, -0.25) is 4.72 Å². The molecule has 4 nitrogen and oxygen atoms in total. The van der Waals surface area contributed by atoms with Crippen molar-refractivity contribution in [1.29, 1.82) is 0 Å². The molecule has 0 unspecified atom stereocenters. The summed E-state index contributed by atoms with van der Waals surface area (Å²) < 4.78 is 67.6. The molecule has 0 aromatic heterocycles. The van der Waals surface area contributed by atoms with Gasteiger partial charge in [-0.25, -0.2) is 0 Å². The summed E-state index contributed by atoms with van der Waals surface area (Å²) in [6.07, 6.45) is 0.450. The number of sulfonamides is 1. The zero-order chi connectivity index (χ0) is 18.5. The fourth-order valence-corrected chi connectivity index (χ4v) is 2.88. The molecular formula is C16H15F3INO3S. The van der Waals surface area contributed by atoms with Gasteiger partial charge in [0, 0.05) is 9.26 Å². The Morgan fingerprint density at radius 1 is 1.04 bits per heavy atom. The van der Waals surface area contributed by atoms with Gasteiger partial charge < -0.3 is 4.74 Å². The van der Waals surface area contributed by atoms with Crippen molar-refractivity contribution in [3.63, 3.8) is 0 Å². The third-order valence-corrected chi connectivity index (χ3v) is 5.03. The van der Waals surface area contributed by atoms with Gasteiger partial charge in [-0.1, -0.05) is 24.3 Å². The van der Waals surface area contributed by atoms with Gasteiger partial charge in [0.05, 0.1) is 13.2 Å². The minimum atomic E-state index is -5.41. The average Bonchev–Trinajstić information content (AvgIpc) is 2.52. The van der Waals surface area contributed by atoms with Crippen LogP contribution in [0.3, 0.4) is 0 Å². The summed E-state index contributed by atoms with van der Waals surface area (Å²) in [6, 6.07) is 13.6. The third kappa shape index (κ3) is 6.15. The molecule has 2 rings (SSSR count). The number of hydrogen-bond acceptors (Lipinski definition) is 3. The molecule has 2 aromatic carbocycles. The van der Waals surface area contributed by atoms with Gasteiger partial charge in [-0.15, -0.1) is 0 Å². The normalized spacial score (nSPS) is 12.2. The van der Waals surface area contributed by atoms with Gasteiger partial charge in [0.25, 0.3) is 0 Å². The molecule has 0 saturated carbocycles. The molecule has 0 spiro atoms. The Balaban J connectivity index is 1.88. The average molecular weight is 485 g/mol. The largest absolute Gasteiger partial charge is 0.516 e. The van der Waals surface area contributed by atoms with Gasteiger partial charge in [0.2, 0.25) is 0 Å². The predicted octanol–water partition coefficient (Wildman–Crippen LogP) is 4.31. The van der Waals surface area contributed by atoms with Crippen LogP contribution >= 0.6 is 22.6 Å². The van der Waals surface area contributed by atoms with E-state index in [2.05, 4.69) is 22.6 Å². The second-order valence-corrected chi connectivity index (χ2v) is 8.10. The van der Waals surface area contributed by atoms with Crippen LogP contribution in [0.15, 0.2) is 48.5 Å². The highest BCUT2D eigenvalue weighted by atomic mass is 127. The number of nitrogens with one attached hydrogen (secondary N) is 1. The molecule has 136 valence electrons. The molecule has 0 fully saturated rings. The summed E-state index contributed by atoms with van der Waals surface area (Å²) in [6.45, 7) is 0.790. The van der Waals surface area contributed by atoms with E-state index in [-0.39, 0.29) is 5.69 Å². The van der Waals surface area contributed by atoms with E-state index < -0.39 is 15.5 Å². The van der Waals surface area contributed by atoms with E-state index in [0.717, 1.165) is 9.13 Å². The van der Waals surface area contributed by atoms with Crippen molar-refractivity contribution in [3.05, 3.63) is 63.2 Å².